The van der Waals surface area contributed by atoms with Gasteiger partial charge in [-0.05, 0) is 25.1 Å². The fraction of sp³-hybridized carbons (Fsp3) is 0.182. The zero-order chi connectivity index (χ0) is 11.7. The average Bonchev–Trinajstić information content (AvgIpc) is 2.26. The molecular weight excluding hydrogens is 233 g/mol. The Hall–Kier alpha value is -1.55. The number of H-pyrrole nitrogens is 1. The number of ether oxygens (including phenoxy) is 1. The normalized spacial score (nSPS) is 10.7. The molecule has 0 aliphatic heterocycles. The van der Waals surface area contributed by atoms with Gasteiger partial charge in [0.1, 0.15) is 10.8 Å². The van der Waals surface area contributed by atoms with Crippen LogP contribution in [0.5, 0.6) is 5.88 Å². The summed E-state index contributed by atoms with van der Waals surface area (Å²) < 4.78 is 18.1. The molecule has 0 amide bonds. The summed E-state index contributed by atoms with van der Waals surface area (Å²) >= 11 is 6.03. The third-order valence-corrected chi connectivity index (χ3v) is 2.55. The maximum atomic E-state index is 13.0. The molecule has 2 rings (SSSR count). The molecule has 0 unspecified atom stereocenters. The molecule has 1 N–H and O–H groups in total. The first kappa shape index (κ1) is 11.0. The first-order valence-corrected chi connectivity index (χ1v) is 5.15. The van der Waals surface area contributed by atoms with E-state index >= 15 is 0 Å². The first-order valence-electron chi connectivity index (χ1n) is 4.77. The van der Waals surface area contributed by atoms with Crippen molar-refractivity contribution < 1.29 is 9.13 Å². The highest BCUT2D eigenvalue weighted by atomic mass is 35.5. The first-order chi connectivity index (χ1) is 7.63. The molecule has 0 aliphatic carbocycles. The lowest BCUT2D eigenvalue weighted by Gasteiger charge is -2.07. The van der Waals surface area contributed by atoms with Crippen LogP contribution < -0.4 is 10.3 Å². The molecule has 0 saturated heterocycles. The van der Waals surface area contributed by atoms with Gasteiger partial charge in [-0.25, -0.2) is 4.39 Å². The largest absolute Gasteiger partial charge is 0.478 e. The number of benzene rings is 1. The molecule has 1 heterocycles. The second-order valence-electron chi connectivity index (χ2n) is 3.22. The topological polar surface area (TPSA) is 42.1 Å². The van der Waals surface area contributed by atoms with Crippen LogP contribution in [0, 0.1) is 5.82 Å². The lowest BCUT2D eigenvalue weighted by molar-refractivity contribution is 0.327. The van der Waals surface area contributed by atoms with E-state index in [-0.39, 0.29) is 16.3 Å². The number of aromatic amines is 1. The Morgan fingerprint density at radius 1 is 1.44 bits per heavy atom. The lowest BCUT2D eigenvalue weighted by Crippen LogP contribution is -2.09. The standard InChI is InChI=1S/C11H9ClFNO2/c1-2-16-11-9(12)7-4-3-6(13)5-8(7)10(15)14-11/h3-5H,2H2,1H3,(H,14,15). The van der Waals surface area contributed by atoms with Crippen molar-refractivity contribution >= 4 is 22.4 Å². The van der Waals surface area contributed by atoms with E-state index in [9.17, 15) is 9.18 Å². The Morgan fingerprint density at radius 3 is 2.88 bits per heavy atom. The van der Waals surface area contributed by atoms with Crippen molar-refractivity contribution in [2.24, 2.45) is 0 Å². The number of hydrogen-bond acceptors (Lipinski definition) is 2. The summed E-state index contributed by atoms with van der Waals surface area (Å²) in [4.78, 5) is 14.1. The van der Waals surface area contributed by atoms with Gasteiger partial charge in [0.05, 0.1) is 12.0 Å². The summed E-state index contributed by atoms with van der Waals surface area (Å²) in [5.74, 6) is -0.258. The molecule has 2 aromatic rings. The third kappa shape index (κ3) is 1.76. The minimum atomic E-state index is -0.474. The van der Waals surface area contributed by atoms with Gasteiger partial charge in [-0.2, -0.15) is 0 Å². The summed E-state index contributed by atoms with van der Waals surface area (Å²) in [6.45, 7) is 2.17. The Bertz CT molecular complexity index is 594. The zero-order valence-corrected chi connectivity index (χ0v) is 9.27. The van der Waals surface area contributed by atoms with E-state index in [0.717, 1.165) is 6.07 Å². The Kier molecular flexibility index (Phi) is 2.83. The summed E-state index contributed by atoms with van der Waals surface area (Å²) in [6, 6.07) is 3.86. The number of pyridine rings is 1. The third-order valence-electron chi connectivity index (χ3n) is 2.18. The molecule has 0 radical (unpaired) electrons. The predicted octanol–water partition coefficient (Wildman–Crippen LogP) is 2.72. The molecule has 84 valence electrons. The summed E-state index contributed by atoms with van der Waals surface area (Å²) in [5, 5.41) is 0.986. The van der Waals surface area contributed by atoms with Gasteiger partial charge in [-0.15, -0.1) is 0 Å². The van der Waals surface area contributed by atoms with Crippen LogP contribution in [0.4, 0.5) is 4.39 Å². The van der Waals surface area contributed by atoms with Crippen LogP contribution in [-0.2, 0) is 0 Å². The Balaban J connectivity index is 2.79. The van der Waals surface area contributed by atoms with Gasteiger partial charge in [0.15, 0.2) is 0 Å². The molecule has 0 bridgehead atoms. The molecule has 5 heteroatoms. The Morgan fingerprint density at radius 2 is 2.19 bits per heavy atom. The maximum Gasteiger partial charge on any atom is 0.258 e. The van der Waals surface area contributed by atoms with Crippen molar-refractivity contribution in [3.05, 3.63) is 39.4 Å². The molecule has 16 heavy (non-hydrogen) atoms. The van der Waals surface area contributed by atoms with Crippen LogP contribution in [0.25, 0.3) is 10.8 Å². The van der Waals surface area contributed by atoms with Crippen molar-refractivity contribution in [2.45, 2.75) is 6.92 Å². The molecule has 3 nitrogen and oxygen atoms in total. The molecule has 0 spiro atoms. The van der Waals surface area contributed by atoms with Crippen molar-refractivity contribution in [1.82, 2.24) is 4.98 Å². The van der Waals surface area contributed by atoms with Crippen LogP contribution >= 0.6 is 11.6 Å². The lowest BCUT2D eigenvalue weighted by atomic mass is 10.2. The van der Waals surface area contributed by atoms with Gasteiger partial charge in [-0.3, -0.25) is 9.78 Å². The smallest absolute Gasteiger partial charge is 0.258 e. The van der Waals surface area contributed by atoms with Gasteiger partial charge < -0.3 is 4.74 Å². The van der Waals surface area contributed by atoms with Crippen LogP contribution in [0.15, 0.2) is 23.0 Å². The molecule has 1 aromatic carbocycles. The van der Waals surface area contributed by atoms with Crippen molar-refractivity contribution in [2.75, 3.05) is 6.61 Å². The second kappa shape index (κ2) is 4.14. The molecule has 0 saturated carbocycles. The summed E-state index contributed by atoms with van der Waals surface area (Å²) in [7, 11) is 0. The highest BCUT2D eigenvalue weighted by molar-refractivity contribution is 6.36. The van der Waals surface area contributed by atoms with Gasteiger partial charge >= 0.3 is 0 Å². The van der Waals surface area contributed by atoms with E-state index in [4.69, 9.17) is 16.3 Å². The molecule has 0 aliphatic rings. The number of nitrogens with one attached hydrogen (secondary N) is 1. The van der Waals surface area contributed by atoms with Crippen molar-refractivity contribution in [3.8, 4) is 5.88 Å². The molecule has 0 atom stereocenters. The number of aromatic nitrogens is 1. The SMILES string of the molecule is CCOc1[nH]c(=O)c2cc(F)ccc2c1Cl. The van der Waals surface area contributed by atoms with E-state index in [1.54, 1.807) is 6.92 Å². The fourth-order valence-electron chi connectivity index (χ4n) is 1.49. The van der Waals surface area contributed by atoms with E-state index in [1.807, 2.05) is 0 Å². The summed E-state index contributed by atoms with van der Waals surface area (Å²) in [6.07, 6.45) is 0. The van der Waals surface area contributed by atoms with Crippen molar-refractivity contribution in [1.29, 1.82) is 0 Å². The van der Waals surface area contributed by atoms with Crippen LogP contribution in [0.1, 0.15) is 6.92 Å². The van der Waals surface area contributed by atoms with Crippen LogP contribution in [-0.4, -0.2) is 11.6 Å². The van der Waals surface area contributed by atoms with Gasteiger partial charge in [0, 0.05) is 5.39 Å². The highest BCUT2D eigenvalue weighted by Crippen LogP contribution is 2.28. The molecule has 1 aromatic heterocycles. The summed E-state index contributed by atoms with van der Waals surface area (Å²) in [5.41, 5.74) is -0.414. The second-order valence-corrected chi connectivity index (χ2v) is 3.60. The number of rotatable bonds is 2. The maximum absolute atomic E-state index is 13.0. The van der Waals surface area contributed by atoms with E-state index in [1.165, 1.54) is 12.1 Å². The number of fused-ring (bicyclic) bond motifs is 1. The van der Waals surface area contributed by atoms with Crippen LogP contribution in [0.3, 0.4) is 0 Å². The van der Waals surface area contributed by atoms with Crippen molar-refractivity contribution in [3.63, 3.8) is 0 Å². The number of hydrogen-bond donors (Lipinski definition) is 1. The monoisotopic (exact) mass is 241 g/mol. The van der Waals surface area contributed by atoms with E-state index in [2.05, 4.69) is 4.98 Å². The van der Waals surface area contributed by atoms with E-state index in [0.29, 0.717) is 12.0 Å². The number of halogens is 2. The van der Waals surface area contributed by atoms with Gasteiger partial charge in [-0.1, -0.05) is 11.6 Å². The minimum absolute atomic E-state index is 0.216. The minimum Gasteiger partial charge on any atom is -0.478 e. The predicted molar refractivity (Wildman–Crippen MR) is 60.7 cm³/mol. The average molecular weight is 242 g/mol. The fourth-order valence-corrected chi connectivity index (χ4v) is 1.75. The van der Waals surface area contributed by atoms with Gasteiger partial charge in [0.25, 0.3) is 5.56 Å². The quantitative estimate of drug-likeness (QED) is 0.878. The molecule has 0 fully saturated rings. The van der Waals surface area contributed by atoms with E-state index < -0.39 is 11.4 Å². The van der Waals surface area contributed by atoms with Gasteiger partial charge in [0.2, 0.25) is 5.88 Å². The zero-order valence-electron chi connectivity index (χ0n) is 8.51. The van der Waals surface area contributed by atoms with Crippen LogP contribution in [0.2, 0.25) is 5.02 Å². The Labute approximate surface area is 95.8 Å². The molecular formula is C11H9ClFNO2. The highest BCUT2D eigenvalue weighted by Gasteiger charge is 2.10.